The molecule has 1 aromatic heterocycles. The standard InChI is InChI=1S/C24H24FN3O3S/c1-31-17-24-14-18-15-26-28(21-9-7-20(25)8-10-21)23(18)13-19(24)11-12-27(16-24)32(29,30)22-5-3-2-4-6-22/h2-10,13,15H,11-12,14,16-17H2,1H3/t24-/m1/s1. The molecule has 1 saturated heterocycles. The minimum Gasteiger partial charge on any atom is -0.384 e. The Hall–Kier alpha value is -2.81. The summed E-state index contributed by atoms with van der Waals surface area (Å²) in [5.74, 6) is -0.292. The maximum Gasteiger partial charge on any atom is 0.243 e. The molecule has 166 valence electrons. The Morgan fingerprint density at radius 2 is 1.88 bits per heavy atom. The van der Waals surface area contributed by atoms with Crippen LogP contribution in [0.3, 0.4) is 0 Å². The molecule has 1 fully saturated rings. The Balaban J connectivity index is 1.51. The number of hydrogen-bond acceptors (Lipinski definition) is 4. The van der Waals surface area contributed by atoms with Crippen molar-refractivity contribution in [2.45, 2.75) is 17.7 Å². The first-order valence-electron chi connectivity index (χ1n) is 10.5. The van der Waals surface area contributed by atoms with E-state index in [1.54, 1.807) is 47.8 Å². The van der Waals surface area contributed by atoms with E-state index in [9.17, 15) is 12.8 Å². The number of hydrogen-bond donors (Lipinski definition) is 0. The number of piperidine rings is 1. The summed E-state index contributed by atoms with van der Waals surface area (Å²) in [4.78, 5) is 0.306. The summed E-state index contributed by atoms with van der Waals surface area (Å²) in [7, 11) is -1.95. The average Bonchev–Trinajstić information content (AvgIpc) is 3.20. The Bertz CT molecular complexity index is 1270. The van der Waals surface area contributed by atoms with Gasteiger partial charge in [-0.2, -0.15) is 9.40 Å². The second kappa shape index (κ2) is 7.95. The Labute approximate surface area is 187 Å². The highest BCUT2D eigenvalue weighted by Gasteiger charge is 2.46. The summed E-state index contributed by atoms with van der Waals surface area (Å²) >= 11 is 0. The number of benzene rings is 2. The molecule has 8 heteroatoms. The zero-order valence-electron chi connectivity index (χ0n) is 17.7. The molecule has 32 heavy (non-hydrogen) atoms. The third kappa shape index (κ3) is 3.48. The van der Waals surface area contributed by atoms with Gasteiger partial charge in [0.25, 0.3) is 0 Å². The fourth-order valence-electron chi connectivity index (χ4n) is 4.84. The fraction of sp³-hybridized carbons (Fsp3) is 0.292. The SMILES string of the molecule is COC[C@]12Cc3cnn(-c4ccc(F)cc4)c3C=C1CCN(S(=O)(=O)c1ccccc1)C2. The molecule has 0 unspecified atom stereocenters. The summed E-state index contributed by atoms with van der Waals surface area (Å²) < 4.78 is 48.9. The van der Waals surface area contributed by atoms with Crippen LogP contribution in [0.4, 0.5) is 4.39 Å². The van der Waals surface area contributed by atoms with E-state index >= 15 is 0 Å². The topological polar surface area (TPSA) is 64.4 Å². The molecule has 5 rings (SSSR count). The van der Waals surface area contributed by atoms with E-state index < -0.39 is 15.4 Å². The largest absolute Gasteiger partial charge is 0.384 e. The third-order valence-corrected chi connectivity index (χ3v) is 8.25. The van der Waals surface area contributed by atoms with Crippen LogP contribution >= 0.6 is 0 Å². The van der Waals surface area contributed by atoms with Crippen molar-refractivity contribution in [1.82, 2.24) is 14.1 Å². The van der Waals surface area contributed by atoms with Crippen molar-refractivity contribution in [1.29, 1.82) is 0 Å². The number of halogens is 1. The summed E-state index contributed by atoms with van der Waals surface area (Å²) in [6.45, 7) is 1.18. The molecule has 3 aromatic rings. The van der Waals surface area contributed by atoms with E-state index in [2.05, 4.69) is 11.2 Å². The second-order valence-corrected chi connectivity index (χ2v) is 10.3. The van der Waals surface area contributed by atoms with Crippen molar-refractivity contribution in [2.75, 3.05) is 26.8 Å². The van der Waals surface area contributed by atoms with E-state index in [4.69, 9.17) is 4.74 Å². The molecule has 0 bridgehead atoms. The van der Waals surface area contributed by atoms with Gasteiger partial charge in [0.1, 0.15) is 5.82 Å². The number of fused-ring (bicyclic) bond motifs is 2. The van der Waals surface area contributed by atoms with Gasteiger partial charge in [0.05, 0.1) is 29.1 Å². The van der Waals surface area contributed by atoms with E-state index in [0.29, 0.717) is 37.4 Å². The van der Waals surface area contributed by atoms with Gasteiger partial charge in [-0.15, -0.1) is 0 Å². The summed E-state index contributed by atoms with van der Waals surface area (Å²) in [6.07, 6.45) is 5.17. The van der Waals surface area contributed by atoms with Gasteiger partial charge in [-0.25, -0.2) is 17.5 Å². The first-order chi connectivity index (χ1) is 15.4. The predicted octanol–water partition coefficient (Wildman–Crippen LogP) is 3.68. The van der Waals surface area contributed by atoms with Crippen molar-refractivity contribution >= 4 is 16.1 Å². The van der Waals surface area contributed by atoms with Crippen LogP contribution in [0.25, 0.3) is 11.8 Å². The number of ether oxygens (including phenoxy) is 1. The lowest BCUT2D eigenvalue weighted by Crippen LogP contribution is -2.51. The number of nitrogens with zero attached hydrogens (tertiary/aromatic N) is 3. The number of rotatable bonds is 5. The van der Waals surface area contributed by atoms with Crippen molar-refractivity contribution < 1.29 is 17.5 Å². The van der Waals surface area contributed by atoms with Crippen molar-refractivity contribution in [2.24, 2.45) is 5.41 Å². The van der Waals surface area contributed by atoms with Gasteiger partial charge in [-0.05, 0) is 60.9 Å². The lowest BCUT2D eigenvalue weighted by molar-refractivity contribution is 0.0733. The quantitative estimate of drug-likeness (QED) is 0.591. The maximum atomic E-state index is 13.4. The summed E-state index contributed by atoms with van der Waals surface area (Å²) in [5.41, 5.74) is 3.48. The average molecular weight is 454 g/mol. The van der Waals surface area contributed by atoms with E-state index in [1.807, 2.05) is 16.9 Å². The van der Waals surface area contributed by atoms with Crippen LogP contribution in [0.5, 0.6) is 0 Å². The molecule has 2 heterocycles. The fourth-order valence-corrected chi connectivity index (χ4v) is 6.38. The van der Waals surface area contributed by atoms with Crippen LogP contribution in [0, 0.1) is 11.2 Å². The van der Waals surface area contributed by atoms with Gasteiger partial charge >= 0.3 is 0 Å². The number of aromatic nitrogens is 2. The summed E-state index contributed by atoms with van der Waals surface area (Å²) in [6, 6.07) is 14.8. The van der Waals surface area contributed by atoms with E-state index in [-0.39, 0.29) is 5.82 Å². The second-order valence-electron chi connectivity index (χ2n) is 8.40. The van der Waals surface area contributed by atoms with Crippen molar-refractivity contribution in [3.05, 3.63) is 83.4 Å². The van der Waals surface area contributed by atoms with Gasteiger partial charge in [-0.1, -0.05) is 23.8 Å². The monoisotopic (exact) mass is 453 g/mol. The summed E-state index contributed by atoms with van der Waals surface area (Å²) in [5, 5.41) is 4.54. The van der Waals surface area contributed by atoms with Crippen LogP contribution in [-0.2, 0) is 21.2 Å². The van der Waals surface area contributed by atoms with Crippen LogP contribution in [0.1, 0.15) is 17.7 Å². The molecule has 1 atom stereocenters. The Kier molecular flexibility index (Phi) is 5.23. The molecule has 0 radical (unpaired) electrons. The smallest absolute Gasteiger partial charge is 0.243 e. The normalized spacial score (nSPS) is 21.0. The molecular formula is C24H24FN3O3S. The van der Waals surface area contributed by atoms with Gasteiger partial charge < -0.3 is 4.74 Å². The Morgan fingerprint density at radius 3 is 2.59 bits per heavy atom. The van der Waals surface area contributed by atoms with E-state index in [1.165, 1.54) is 12.1 Å². The molecule has 0 spiro atoms. The van der Waals surface area contributed by atoms with Crippen LogP contribution in [-0.4, -0.2) is 49.3 Å². The first kappa shape index (κ1) is 21.1. The van der Waals surface area contributed by atoms with Gasteiger partial charge in [0.2, 0.25) is 10.0 Å². The number of sulfonamides is 1. The van der Waals surface area contributed by atoms with Gasteiger partial charge in [0.15, 0.2) is 0 Å². The van der Waals surface area contributed by atoms with Crippen molar-refractivity contribution in [3.8, 4) is 5.69 Å². The van der Waals surface area contributed by atoms with Crippen LogP contribution in [0.15, 0.2) is 71.3 Å². The molecule has 2 aliphatic rings. The van der Waals surface area contributed by atoms with Crippen LogP contribution in [0.2, 0.25) is 0 Å². The molecular weight excluding hydrogens is 429 g/mol. The first-order valence-corrected chi connectivity index (χ1v) is 11.9. The molecule has 1 aliphatic heterocycles. The highest BCUT2D eigenvalue weighted by atomic mass is 32.2. The van der Waals surface area contributed by atoms with Gasteiger partial charge in [0, 0.05) is 25.6 Å². The third-order valence-electron chi connectivity index (χ3n) is 6.39. The van der Waals surface area contributed by atoms with Crippen molar-refractivity contribution in [3.63, 3.8) is 0 Å². The van der Waals surface area contributed by atoms with Gasteiger partial charge in [-0.3, -0.25) is 0 Å². The maximum absolute atomic E-state index is 13.4. The lowest BCUT2D eigenvalue weighted by atomic mass is 9.69. The zero-order valence-corrected chi connectivity index (χ0v) is 18.6. The lowest BCUT2D eigenvalue weighted by Gasteiger charge is -2.45. The highest BCUT2D eigenvalue weighted by molar-refractivity contribution is 7.89. The minimum atomic E-state index is -3.59. The highest BCUT2D eigenvalue weighted by Crippen LogP contribution is 2.45. The molecule has 0 saturated carbocycles. The van der Waals surface area contributed by atoms with E-state index in [0.717, 1.165) is 22.5 Å². The van der Waals surface area contributed by atoms with Crippen LogP contribution < -0.4 is 0 Å². The molecule has 6 nitrogen and oxygen atoms in total. The molecule has 1 aliphatic carbocycles. The molecule has 0 N–H and O–H groups in total. The predicted molar refractivity (Wildman–Crippen MR) is 119 cm³/mol. The number of methoxy groups -OCH3 is 1. The molecule has 2 aromatic carbocycles. The molecule has 0 amide bonds. The minimum absolute atomic E-state index is 0.292. The Morgan fingerprint density at radius 1 is 1.12 bits per heavy atom. The zero-order chi connectivity index (χ0) is 22.3.